The van der Waals surface area contributed by atoms with E-state index in [1.54, 1.807) is 18.2 Å². The number of rotatable bonds is 5. The van der Waals surface area contributed by atoms with Crippen LogP contribution in [0.1, 0.15) is 59.5 Å². The molecule has 2 heterocycles. The minimum atomic E-state index is -0.314. The Morgan fingerprint density at radius 1 is 0.554 bits per heavy atom. The van der Waals surface area contributed by atoms with Crippen molar-refractivity contribution in [3.63, 3.8) is 0 Å². The van der Waals surface area contributed by atoms with E-state index in [0.717, 1.165) is 38.5 Å². The molecule has 2 amide bonds. The van der Waals surface area contributed by atoms with Crippen molar-refractivity contribution in [3.05, 3.63) is 205 Å². The fraction of sp³-hybridized carbons (Fsp3) is 0.115. The zero-order chi connectivity index (χ0) is 40.4. The maximum atomic E-state index is 14.1. The van der Waals surface area contributed by atoms with E-state index in [1.165, 1.54) is 27.2 Å². The van der Waals surface area contributed by atoms with Gasteiger partial charge in [-0.05, 0) is 106 Å². The number of anilines is 1. The highest BCUT2D eigenvalue weighted by molar-refractivity contribution is 6.35. The normalized spacial score (nSPS) is 11.8. The number of para-hydroxylation sites is 1. The van der Waals surface area contributed by atoms with E-state index in [1.807, 2.05) is 119 Å². The van der Waals surface area contributed by atoms with Gasteiger partial charge >= 0.3 is 0 Å². The molecule has 1 aliphatic rings. The molecule has 7 aromatic rings. The average molecular weight is 735 g/mol. The lowest BCUT2D eigenvalue weighted by atomic mass is 9.99. The first kappa shape index (κ1) is 40.4. The SMILES string of the molecule is C=C/C(C)=C\C.C=CC.C=CC.Cc1cc(C)cc(-c2ccc3c(c2)c2ccccc2n3-c2cccc3c2C(=O)N(c2ccc(-c4ccccc4)cc2)C3=O)c1. The third-order valence-corrected chi connectivity index (χ3v) is 9.37. The highest BCUT2D eigenvalue weighted by Crippen LogP contribution is 2.39. The molecule has 0 saturated heterocycles. The predicted octanol–water partition coefficient (Wildman–Crippen LogP) is 14.1. The summed E-state index contributed by atoms with van der Waals surface area (Å²) in [5, 5.41) is 2.19. The van der Waals surface area contributed by atoms with Gasteiger partial charge in [0.15, 0.2) is 0 Å². The molecule has 1 aliphatic heterocycles. The summed E-state index contributed by atoms with van der Waals surface area (Å²) in [6.45, 7) is 22.3. The molecule has 0 saturated carbocycles. The van der Waals surface area contributed by atoms with E-state index in [2.05, 4.69) is 86.7 Å². The first-order valence-corrected chi connectivity index (χ1v) is 18.8. The van der Waals surface area contributed by atoms with E-state index in [9.17, 15) is 9.59 Å². The molecule has 0 aliphatic carbocycles. The number of hydrogen-bond donors (Lipinski definition) is 0. The van der Waals surface area contributed by atoms with Crippen LogP contribution in [0.4, 0.5) is 5.69 Å². The Balaban J connectivity index is 0.000000443. The zero-order valence-electron chi connectivity index (χ0n) is 33.3. The number of allylic oxidation sites excluding steroid dienone is 5. The third-order valence-electron chi connectivity index (χ3n) is 9.37. The van der Waals surface area contributed by atoms with Crippen LogP contribution in [0.3, 0.4) is 0 Å². The van der Waals surface area contributed by atoms with Gasteiger partial charge in [-0.3, -0.25) is 9.59 Å². The van der Waals surface area contributed by atoms with Gasteiger partial charge < -0.3 is 4.57 Å². The maximum Gasteiger partial charge on any atom is 0.268 e. The van der Waals surface area contributed by atoms with Gasteiger partial charge in [-0.2, -0.15) is 0 Å². The number of nitrogens with zero attached hydrogens (tertiary/aromatic N) is 2. The molecule has 0 N–H and O–H groups in total. The van der Waals surface area contributed by atoms with Crippen molar-refractivity contribution in [1.82, 2.24) is 4.57 Å². The fourth-order valence-electron chi connectivity index (χ4n) is 6.79. The minimum Gasteiger partial charge on any atom is -0.308 e. The van der Waals surface area contributed by atoms with Crippen LogP contribution in [0.2, 0.25) is 0 Å². The summed E-state index contributed by atoms with van der Waals surface area (Å²) in [5.41, 5.74) is 12.2. The lowest BCUT2D eigenvalue weighted by molar-refractivity contribution is 0.0926. The van der Waals surface area contributed by atoms with Crippen molar-refractivity contribution in [2.45, 2.75) is 41.5 Å². The number of benzene rings is 6. The monoisotopic (exact) mass is 734 g/mol. The van der Waals surface area contributed by atoms with Gasteiger partial charge in [-0.25, -0.2) is 4.90 Å². The summed E-state index contributed by atoms with van der Waals surface area (Å²) < 4.78 is 2.13. The molecule has 0 bridgehead atoms. The van der Waals surface area contributed by atoms with Gasteiger partial charge in [-0.1, -0.05) is 139 Å². The smallest absolute Gasteiger partial charge is 0.268 e. The number of carbonyl (C=O) groups excluding carboxylic acids is 2. The molecule has 6 aromatic carbocycles. The molecule has 0 spiro atoms. The van der Waals surface area contributed by atoms with Crippen molar-refractivity contribution >= 4 is 39.3 Å². The number of aryl methyl sites for hydroxylation is 2. The van der Waals surface area contributed by atoms with Crippen molar-refractivity contribution in [3.8, 4) is 27.9 Å². The Bertz CT molecular complexity index is 2540. The first-order valence-electron chi connectivity index (χ1n) is 18.8. The molecule has 0 fully saturated rings. The molecule has 280 valence electrons. The summed E-state index contributed by atoms with van der Waals surface area (Å²) >= 11 is 0. The van der Waals surface area contributed by atoms with E-state index in [-0.39, 0.29) is 11.8 Å². The van der Waals surface area contributed by atoms with Crippen LogP contribution in [0, 0.1) is 13.8 Å². The van der Waals surface area contributed by atoms with Gasteiger partial charge in [0, 0.05) is 10.8 Å². The van der Waals surface area contributed by atoms with Crippen molar-refractivity contribution < 1.29 is 9.59 Å². The molecular formula is C52H50N2O2. The van der Waals surface area contributed by atoms with Gasteiger partial charge in [-0.15, -0.1) is 13.2 Å². The lowest BCUT2D eigenvalue weighted by Gasteiger charge is -2.15. The Morgan fingerprint density at radius 2 is 1.12 bits per heavy atom. The van der Waals surface area contributed by atoms with E-state index >= 15 is 0 Å². The number of amides is 2. The lowest BCUT2D eigenvalue weighted by Crippen LogP contribution is -2.29. The number of hydrogen-bond acceptors (Lipinski definition) is 2. The Hall–Kier alpha value is -6.78. The number of carbonyl (C=O) groups is 2. The molecule has 0 radical (unpaired) electrons. The van der Waals surface area contributed by atoms with Gasteiger partial charge in [0.2, 0.25) is 0 Å². The van der Waals surface area contributed by atoms with E-state index < -0.39 is 0 Å². The molecule has 0 atom stereocenters. The van der Waals surface area contributed by atoms with Crippen molar-refractivity contribution in [1.29, 1.82) is 0 Å². The summed E-state index contributed by atoms with van der Waals surface area (Å²) in [6.07, 6.45) is 7.35. The predicted molar refractivity (Wildman–Crippen MR) is 240 cm³/mol. The van der Waals surface area contributed by atoms with E-state index in [0.29, 0.717) is 22.5 Å². The van der Waals surface area contributed by atoms with Crippen LogP contribution in [0.25, 0.3) is 49.7 Å². The Labute approximate surface area is 332 Å². The molecule has 56 heavy (non-hydrogen) atoms. The highest BCUT2D eigenvalue weighted by atomic mass is 16.2. The number of imide groups is 1. The molecule has 0 unspecified atom stereocenters. The molecule has 4 heteroatoms. The standard InChI is InChI=1S/C40H28N2O2.C6H10.2C3H6/c1-25-21-26(2)23-30(22-25)29-17-20-36-34(24-29)32-11-6-7-13-35(32)42(36)37-14-8-12-33-38(37)40(44)41(39(33)43)31-18-15-28(16-19-31)27-9-4-3-5-10-27;1-4-6(3)5-2;2*1-3-2/h3-24H,1-2H3;4-5H,1H2,2-3H3;2*3H,1H2,2H3/b;6-5-;;. The molecule has 1 aromatic heterocycles. The maximum absolute atomic E-state index is 14.1. The second-order valence-corrected chi connectivity index (χ2v) is 13.6. The van der Waals surface area contributed by atoms with Gasteiger partial charge in [0.05, 0.1) is 33.5 Å². The molecule has 8 rings (SSSR count). The van der Waals surface area contributed by atoms with Gasteiger partial charge in [0.25, 0.3) is 11.8 Å². The van der Waals surface area contributed by atoms with Crippen LogP contribution >= 0.6 is 0 Å². The first-order chi connectivity index (χ1) is 27.1. The van der Waals surface area contributed by atoms with Crippen LogP contribution < -0.4 is 4.90 Å². The zero-order valence-corrected chi connectivity index (χ0v) is 33.3. The fourth-order valence-corrected chi connectivity index (χ4v) is 6.79. The average Bonchev–Trinajstić information content (AvgIpc) is 3.68. The van der Waals surface area contributed by atoms with Crippen LogP contribution in [-0.4, -0.2) is 16.4 Å². The van der Waals surface area contributed by atoms with Crippen LogP contribution in [-0.2, 0) is 0 Å². The summed E-state index contributed by atoms with van der Waals surface area (Å²) in [7, 11) is 0. The van der Waals surface area contributed by atoms with Crippen LogP contribution in [0.15, 0.2) is 183 Å². The van der Waals surface area contributed by atoms with Crippen LogP contribution in [0.5, 0.6) is 0 Å². The number of fused-ring (bicyclic) bond motifs is 4. The minimum absolute atomic E-state index is 0.308. The molecular weight excluding hydrogens is 685 g/mol. The van der Waals surface area contributed by atoms with E-state index in [4.69, 9.17) is 0 Å². The highest BCUT2D eigenvalue weighted by Gasteiger charge is 2.39. The topological polar surface area (TPSA) is 42.3 Å². The number of aromatic nitrogens is 1. The molecule has 4 nitrogen and oxygen atoms in total. The summed E-state index contributed by atoms with van der Waals surface area (Å²) in [6, 6.07) is 44.6. The summed E-state index contributed by atoms with van der Waals surface area (Å²) in [5.74, 6) is -0.622. The Kier molecular flexibility index (Phi) is 13.4. The second-order valence-electron chi connectivity index (χ2n) is 13.6. The third kappa shape index (κ3) is 8.46. The second kappa shape index (κ2) is 18.5. The van der Waals surface area contributed by atoms with Gasteiger partial charge in [0.1, 0.15) is 0 Å². The summed E-state index contributed by atoms with van der Waals surface area (Å²) in [4.78, 5) is 29.2. The van der Waals surface area contributed by atoms with Crippen molar-refractivity contribution in [2.75, 3.05) is 4.90 Å². The Morgan fingerprint density at radius 3 is 1.73 bits per heavy atom. The quantitative estimate of drug-likeness (QED) is 0.100. The van der Waals surface area contributed by atoms with Crippen molar-refractivity contribution in [2.24, 2.45) is 0 Å². The largest absolute Gasteiger partial charge is 0.308 e.